The number of nitrogens with zero attached hydrogens (tertiary/aromatic N) is 5. The summed E-state index contributed by atoms with van der Waals surface area (Å²) < 4.78 is 74.1. The summed E-state index contributed by atoms with van der Waals surface area (Å²) in [5.41, 5.74) is 2.82. The minimum absolute atomic E-state index is 0.0602. The summed E-state index contributed by atoms with van der Waals surface area (Å²) in [7, 11) is 1.81. The zero-order valence-electron chi connectivity index (χ0n) is 19.1. The zero-order chi connectivity index (χ0) is 26.3. The van der Waals surface area contributed by atoms with Crippen molar-refractivity contribution in [2.45, 2.75) is 19.3 Å². The molecule has 5 rings (SSSR count). The number of halogens is 5. The van der Waals surface area contributed by atoms with Crippen LogP contribution in [0.2, 0.25) is 0 Å². The number of alkyl halides is 5. The van der Waals surface area contributed by atoms with Crippen LogP contribution in [0.4, 0.5) is 43.9 Å². The first-order valence-electron chi connectivity index (χ1n) is 10.9. The lowest BCUT2D eigenvalue weighted by Gasteiger charge is -2.36. The second kappa shape index (κ2) is 9.22. The van der Waals surface area contributed by atoms with Gasteiger partial charge in [0.15, 0.2) is 6.61 Å². The Morgan fingerprint density at radius 1 is 1.03 bits per heavy atom. The van der Waals surface area contributed by atoms with Crippen molar-refractivity contribution in [3.05, 3.63) is 66.5 Å². The molecule has 4 aromatic rings. The Balaban J connectivity index is 1.56. The Morgan fingerprint density at radius 2 is 1.76 bits per heavy atom. The second-order valence-electron chi connectivity index (χ2n) is 8.14. The van der Waals surface area contributed by atoms with E-state index in [0.29, 0.717) is 11.3 Å². The number of carbonyl (C=O) groups is 1. The molecule has 0 spiro atoms. The molecule has 0 N–H and O–H groups in total. The number of pyridine rings is 1. The van der Waals surface area contributed by atoms with Crippen molar-refractivity contribution in [2.75, 3.05) is 16.4 Å². The maximum Gasteiger partial charge on any atom is 0.422 e. The van der Waals surface area contributed by atoms with Gasteiger partial charge in [0.1, 0.15) is 11.6 Å². The number of aryl methyl sites for hydroxylation is 1. The molecule has 0 atom stereocenters. The van der Waals surface area contributed by atoms with E-state index in [1.165, 1.54) is 46.2 Å². The zero-order valence-corrected chi connectivity index (χ0v) is 19.1. The van der Waals surface area contributed by atoms with E-state index >= 15 is 0 Å². The van der Waals surface area contributed by atoms with E-state index in [4.69, 9.17) is 4.74 Å². The van der Waals surface area contributed by atoms with E-state index in [1.807, 2.05) is 7.05 Å². The van der Waals surface area contributed by atoms with E-state index < -0.39 is 25.4 Å². The molecule has 2 aromatic heterocycles. The molecule has 1 aliphatic heterocycles. The van der Waals surface area contributed by atoms with Gasteiger partial charge in [-0.15, -0.1) is 0 Å². The first-order valence-corrected chi connectivity index (χ1v) is 10.9. The van der Waals surface area contributed by atoms with Crippen LogP contribution in [0.1, 0.15) is 5.56 Å². The van der Waals surface area contributed by atoms with E-state index in [0.717, 1.165) is 11.0 Å². The highest BCUT2D eigenvalue weighted by atomic mass is 19.4. The van der Waals surface area contributed by atoms with Gasteiger partial charge in [-0.3, -0.25) is 4.90 Å². The number of rotatable bonds is 6. The Bertz CT molecular complexity index is 1460. The average molecular weight is 519 g/mol. The number of aromatic nitrogens is 3. The molecular formula is C24H18F5N5O3. The number of carbonyl (C=O) groups excluding carboxylic acids is 1. The van der Waals surface area contributed by atoms with Crippen LogP contribution in [0.3, 0.4) is 0 Å². The van der Waals surface area contributed by atoms with Gasteiger partial charge in [0.05, 0.1) is 29.6 Å². The standard InChI is InChI=1S/C24H18F5N5O3/c1-32-13-30-18-8-5-16(10-19(18)32)33-11-14-2-9-20(36-12-24(27,28)29)31-21(14)34(23(33)35)15-3-6-17(7-4-15)37-22(25)26/h2-10,13,22H,11-12H2,1H3. The Morgan fingerprint density at radius 3 is 2.46 bits per heavy atom. The van der Waals surface area contributed by atoms with Crippen molar-refractivity contribution in [1.82, 2.24) is 14.5 Å². The Labute approximate surface area is 206 Å². The van der Waals surface area contributed by atoms with Crippen LogP contribution in [-0.2, 0) is 13.6 Å². The number of hydrogen-bond donors (Lipinski definition) is 0. The second-order valence-corrected chi connectivity index (χ2v) is 8.14. The summed E-state index contributed by atoms with van der Waals surface area (Å²) in [5, 5.41) is 0. The summed E-state index contributed by atoms with van der Waals surface area (Å²) in [5.74, 6) is -0.390. The molecule has 8 nitrogen and oxygen atoms in total. The number of amides is 2. The molecule has 2 amide bonds. The van der Waals surface area contributed by atoms with Crippen molar-refractivity contribution < 1.29 is 36.2 Å². The molecule has 0 fully saturated rings. The number of urea groups is 1. The van der Waals surface area contributed by atoms with E-state index in [1.54, 1.807) is 29.1 Å². The first-order chi connectivity index (χ1) is 17.6. The molecule has 192 valence electrons. The summed E-state index contributed by atoms with van der Waals surface area (Å²) in [6.45, 7) is -4.51. The van der Waals surface area contributed by atoms with Gasteiger partial charge in [0.2, 0.25) is 5.88 Å². The van der Waals surface area contributed by atoms with Crippen molar-refractivity contribution in [2.24, 2.45) is 7.05 Å². The maximum atomic E-state index is 13.8. The molecule has 0 saturated heterocycles. The van der Waals surface area contributed by atoms with Gasteiger partial charge in [-0.25, -0.2) is 14.7 Å². The van der Waals surface area contributed by atoms with Crippen LogP contribution >= 0.6 is 0 Å². The van der Waals surface area contributed by atoms with Gasteiger partial charge in [0.25, 0.3) is 0 Å². The van der Waals surface area contributed by atoms with Gasteiger partial charge in [-0.2, -0.15) is 26.9 Å². The van der Waals surface area contributed by atoms with Crippen LogP contribution in [-0.4, -0.2) is 40.0 Å². The number of hydrogen-bond acceptors (Lipinski definition) is 5. The molecule has 2 aromatic carbocycles. The predicted octanol–water partition coefficient (Wildman–Crippen LogP) is 5.79. The fraction of sp³-hybridized carbons (Fsp3) is 0.208. The molecule has 3 heterocycles. The first kappa shape index (κ1) is 24.3. The minimum Gasteiger partial charge on any atom is -0.468 e. The molecule has 1 aliphatic rings. The largest absolute Gasteiger partial charge is 0.468 e. The summed E-state index contributed by atoms with van der Waals surface area (Å²) >= 11 is 0. The molecule has 37 heavy (non-hydrogen) atoms. The highest BCUT2D eigenvalue weighted by molar-refractivity contribution is 6.10. The third kappa shape index (κ3) is 4.97. The number of fused-ring (bicyclic) bond motifs is 2. The third-order valence-electron chi connectivity index (χ3n) is 5.62. The number of imidazole rings is 1. The number of anilines is 3. The van der Waals surface area contributed by atoms with Crippen LogP contribution in [0, 0.1) is 0 Å². The predicted molar refractivity (Wildman–Crippen MR) is 123 cm³/mol. The van der Waals surface area contributed by atoms with Gasteiger partial charge in [0, 0.05) is 24.4 Å². The highest BCUT2D eigenvalue weighted by Gasteiger charge is 2.35. The summed E-state index contributed by atoms with van der Waals surface area (Å²) in [4.78, 5) is 24.8. The Kier molecular flexibility index (Phi) is 6.05. The molecule has 13 heteroatoms. The smallest absolute Gasteiger partial charge is 0.422 e. The van der Waals surface area contributed by atoms with Crippen molar-refractivity contribution in [3.63, 3.8) is 0 Å². The maximum absolute atomic E-state index is 13.8. The molecule has 0 aliphatic carbocycles. The van der Waals surface area contributed by atoms with Crippen molar-refractivity contribution >= 4 is 34.3 Å². The molecule has 0 bridgehead atoms. The van der Waals surface area contributed by atoms with Crippen molar-refractivity contribution in [1.29, 1.82) is 0 Å². The quantitative estimate of drug-likeness (QED) is 0.302. The number of ether oxygens (including phenoxy) is 2. The lowest BCUT2D eigenvalue weighted by Crippen LogP contribution is -2.45. The normalized spacial score (nSPS) is 13.9. The van der Waals surface area contributed by atoms with Crippen LogP contribution in [0.5, 0.6) is 11.6 Å². The Hall–Kier alpha value is -4.42. The highest BCUT2D eigenvalue weighted by Crippen LogP contribution is 2.38. The van der Waals surface area contributed by atoms with Gasteiger partial charge < -0.3 is 14.0 Å². The summed E-state index contributed by atoms with van der Waals surface area (Å²) in [6.07, 6.45) is -2.93. The fourth-order valence-electron chi connectivity index (χ4n) is 3.96. The topological polar surface area (TPSA) is 72.7 Å². The van der Waals surface area contributed by atoms with Gasteiger partial charge in [-0.1, -0.05) is 0 Å². The lowest BCUT2D eigenvalue weighted by molar-refractivity contribution is -0.154. The summed E-state index contributed by atoms with van der Waals surface area (Å²) in [6, 6.07) is 12.8. The molecule has 0 saturated carbocycles. The van der Waals surface area contributed by atoms with E-state index in [-0.39, 0.29) is 29.7 Å². The molecule has 0 unspecified atom stereocenters. The van der Waals surface area contributed by atoms with Crippen LogP contribution < -0.4 is 19.3 Å². The fourth-order valence-corrected chi connectivity index (χ4v) is 3.96. The molecular weight excluding hydrogens is 501 g/mol. The lowest BCUT2D eigenvalue weighted by atomic mass is 10.1. The third-order valence-corrected chi connectivity index (χ3v) is 5.62. The van der Waals surface area contributed by atoms with Gasteiger partial charge in [-0.05, 0) is 48.5 Å². The van der Waals surface area contributed by atoms with Crippen LogP contribution in [0.15, 0.2) is 60.9 Å². The average Bonchev–Trinajstić information content (AvgIpc) is 3.22. The monoisotopic (exact) mass is 519 g/mol. The van der Waals surface area contributed by atoms with E-state index in [9.17, 15) is 26.7 Å². The van der Waals surface area contributed by atoms with E-state index in [2.05, 4.69) is 14.7 Å². The van der Waals surface area contributed by atoms with Gasteiger partial charge >= 0.3 is 18.8 Å². The minimum atomic E-state index is -4.57. The number of benzene rings is 2. The molecule has 0 radical (unpaired) electrons. The SMILES string of the molecule is Cn1cnc2ccc(N3Cc4ccc(OCC(F)(F)F)nc4N(c4ccc(OC(F)F)cc4)C3=O)cc21. The van der Waals surface area contributed by atoms with Crippen LogP contribution in [0.25, 0.3) is 11.0 Å². The van der Waals surface area contributed by atoms with Crippen molar-refractivity contribution in [3.8, 4) is 11.6 Å².